The number of amides is 1. The van der Waals surface area contributed by atoms with Crippen LogP contribution in [0.4, 0.5) is 0 Å². The molecule has 1 fully saturated rings. The van der Waals surface area contributed by atoms with Gasteiger partial charge in [0.1, 0.15) is 0 Å². The zero-order chi connectivity index (χ0) is 25.9. The van der Waals surface area contributed by atoms with Gasteiger partial charge >= 0.3 is 5.97 Å². The molecular weight excluding hydrogens is 464 g/mol. The summed E-state index contributed by atoms with van der Waals surface area (Å²) in [4.78, 5) is 34.0. The van der Waals surface area contributed by atoms with E-state index in [1.54, 1.807) is 24.0 Å². The molecule has 2 aromatic rings. The summed E-state index contributed by atoms with van der Waals surface area (Å²) in [6, 6.07) is 16.1. The number of sulfone groups is 1. The first kappa shape index (κ1) is 26.9. The predicted molar refractivity (Wildman–Crippen MR) is 135 cm³/mol. The lowest BCUT2D eigenvalue weighted by molar-refractivity contribution is -0.157. The van der Waals surface area contributed by atoms with Crippen molar-refractivity contribution in [1.29, 1.82) is 0 Å². The second-order valence-corrected chi connectivity index (χ2v) is 12.0. The number of likely N-dealkylation sites (tertiary alicyclic amines) is 1. The largest absolute Gasteiger partial charge is 0.372 e. The smallest absolute Gasteiger partial charge is 0.347 e. The van der Waals surface area contributed by atoms with Crippen LogP contribution in [0.1, 0.15) is 51.2 Å². The van der Waals surface area contributed by atoms with Crippen LogP contribution >= 0.6 is 0 Å². The van der Waals surface area contributed by atoms with E-state index >= 15 is 0 Å². The first-order valence-corrected chi connectivity index (χ1v) is 13.6. The number of nitrogens with two attached hydrogens (primary N) is 1. The molecule has 1 aliphatic rings. The number of benzene rings is 2. The zero-order valence-corrected chi connectivity index (χ0v) is 21.8. The maximum atomic E-state index is 14.3. The summed E-state index contributed by atoms with van der Waals surface area (Å²) in [5, 5.41) is 0. The van der Waals surface area contributed by atoms with Crippen molar-refractivity contribution >= 4 is 21.7 Å². The molecule has 0 aromatic heterocycles. The molecule has 2 atom stereocenters. The van der Waals surface area contributed by atoms with E-state index in [0.29, 0.717) is 19.5 Å². The monoisotopic (exact) mass is 500 g/mol. The van der Waals surface area contributed by atoms with Crippen LogP contribution in [0.3, 0.4) is 0 Å². The van der Waals surface area contributed by atoms with Crippen LogP contribution < -0.4 is 5.90 Å². The number of carbonyl (C=O) groups is 2. The molecule has 190 valence electrons. The molecule has 0 saturated carbocycles. The molecule has 35 heavy (non-hydrogen) atoms. The Hall–Kier alpha value is -2.71. The molecule has 1 aliphatic heterocycles. The zero-order valence-electron chi connectivity index (χ0n) is 21.0. The Labute approximate surface area is 208 Å². The molecule has 2 aromatic carbocycles. The quantitative estimate of drug-likeness (QED) is 0.497. The minimum atomic E-state index is -4.35. The van der Waals surface area contributed by atoms with Gasteiger partial charge in [0.05, 0.1) is 10.3 Å². The Bertz CT molecular complexity index is 1150. The average Bonchev–Trinajstić information content (AvgIpc) is 3.14. The third kappa shape index (κ3) is 4.61. The van der Waals surface area contributed by atoms with Crippen LogP contribution in [-0.2, 0) is 30.7 Å². The Morgan fingerprint density at radius 3 is 2.31 bits per heavy atom. The first-order chi connectivity index (χ1) is 16.6. The molecule has 2 N–H and O–H groups in total. The lowest BCUT2D eigenvalue weighted by atomic mass is 9.67. The summed E-state index contributed by atoms with van der Waals surface area (Å²) in [5.41, 5.74) is 0.470. The van der Waals surface area contributed by atoms with E-state index in [1.807, 2.05) is 51.1 Å². The highest BCUT2D eigenvalue weighted by atomic mass is 32.2. The fourth-order valence-electron chi connectivity index (χ4n) is 5.63. The predicted octanol–water partition coefficient (Wildman–Crippen LogP) is 3.84. The minimum absolute atomic E-state index is 0.0194. The number of rotatable bonds is 10. The first-order valence-electron chi connectivity index (χ1n) is 12.1. The molecular formula is C27H36N2O5S. The van der Waals surface area contributed by atoms with Gasteiger partial charge < -0.3 is 9.74 Å². The van der Waals surface area contributed by atoms with Crippen molar-refractivity contribution in [1.82, 2.24) is 4.90 Å². The average molecular weight is 501 g/mol. The normalized spacial score (nSPS) is 20.2. The standard InChI is InChI=1S/C27H36N2O5S/c1-5-27(25(31)34-28,35(32,33)23-13-11-21(4)12-14-23)26(19-20(2)3)16-18-29(24(26)30)17-15-22-9-7-6-8-10-22/h6-14,20H,5,15-19,28H2,1-4H3. The summed E-state index contributed by atoms with van der Waals surface area (Å²) in [6.07, 6.45) is 0.953. The summed E-state index contributed by atoms with van der Waals surface area (Å²) >= 11 is 0. The van der Waals surface area contributed by atoms with Crippen molar-refractivity contribution in [2.45, 2.75) is 63.0 Å². The van der Waals surface area contributed by atoms with Crippen LogP contribution in [0.25, 0.3) is 0 Å². The lowest BCUT2D eigenvalue weighted by Crippen LogP contribution is -2.63. The van der Waals surface area contributed by atoms with E-state index in [-0.39, 0.29) is 36.0 Å². The molecule has 0 spiro atoms. The van der Waals surface area contributed by atoms with E-state index in [1.165, 1.54) is 12.1 Å². The Kier molecular flexibility index (Phi) is 8.07. The van der Waals surface area contributed by atoms with Crippen LogP contribution in [0, 0.1) is 18.3 Å². The van der Waals surface area contributed by atoms with Gasteiger partial charge in [-0.25, -0.2) is 13.2 Å². The van der Waals surface area contributed by atoms with Crippen LogP contribution in [-0.4, -0.2) is 43.0 Å². The SMILES string of the molecule is CCC(C(=O)ON)(C1(CC(C)C)CCN(CCc2ccccc2)C1=O)S(=O)(=O)c1ccc(C)cc1. The number of hydrogen-bond donors (Lipinski definition) is 1. The molecule has 3 rings (SSSR count). The van der Waals surface area contributed by atoms with Gasteiger partial charge in [-0.2, -0.15) is 5.90 Å². The van der Waals surface area contributed by atoms with E-state index in [4.69, 9.17) is 5.90 Å². The molecule has 8 heteroatoms. The minimum Gasteiger partial charge on any atom is -0.372 e. The van der Waals surface area contributed by atoms with Gasteiger partial charge in [0.25, 0.3) is 0 Å². The molecule has 1 saturated heterocycles. The highest BCUT2D eigenvalue weighted by Gasteiger charge is 2.70. The highest BCUT2D eigenvalue weighted by Crippen LogP contribution is 2.54. The van der Waals surface area contributed by atoms with E-state index in [0.717, 1.165) is 11.1 Å². The number of hydrogen-bond acceptors (Lipinski definition) is 6. The van der Waals surface area contributed by atoms with Gasteiger partial charge in [0, 0.05) is 13.1 Å². The lowest BCUT2D eigenvalue weighted by Gasteiger charge is -2.44. The van der Waals surface area contributed by atoms with Crippen molar-refractivity contribution in [2.75, 3.05) is 13.1 Å². The van der Waals surface area contributed by atoms with Crippen LogP contribution in [0.5, 0.6) is 0 Å². The Morgan fingerprint density at radius 2 is 1.77 bits per heavy atom. The number of nitrogens with zero attached hydrogens (tertiary/aromatic N) is 1. The van der Waals surface area contributed by atoms with Crippen molar-refractivity contribution in [3.8, 4) is 0 Å². The maximum Gasteiger partial charge on any atom is 0.347 e. The molecule has 7 nitrogen and oxygen atoms in total. The van der Waals surface area contributed by atoms with Crippen molar-refractivity contribution in [3.63, 3.8) is 0 Å². The van der Waals surface area contributed by atoms with Gasteiger partial charge in [-0.1, -0.05) is 68.8 Å². The van der Waals surface area contributed by atoms with Crippen molar-refractivity contribution in [2.24, 2.45) is 17.2 Å². The van der Waals surface area contributed by atoms with Gasteiger partial charge in [0.15, 0.2) is 14.6 Å². The van der Waals surface area contributed by atoms with Gasteiger partial charge in [0.2, 0.25) is 5.91 Å². The summed E-state index contributed by atoms with van der Waals surface area (Å²) < 4.78 is 26.4. The Balaban J connectivity index is 2.14. The van der Waals surface area contributed by atoms with Gasteiger partial charge in [-0.05, 0) is 56.2 Å². The van der Waals surface area contributed by atoms with E-state index < -0.39 is 26.0 Å². The third-order valence-electron chi connectivity index (χ3n) is 7.27. The molecule has 1 heterocycles. The molecule has 2 unspecified atom stereocenters. The summed E-state index contributed by atoms with van der Waals surface area (Å²) in [5.74, 6) is 3.91. The third-order valence-corrected chi connectivity index (χ3v) is 9.93. The fraction of sp³-hybridized carbons (Fsp3) is 0.481. The second-order valence-electron chi connectivity index (χ2n) is 9.86. The van der Waals surface area contributed by atoms with Crippen LogP contribution in [0.15, 0.2) is 59.5 Å². The highest BCUT2D eigenvalue weighted by molar-refractivity contribution is 7.93. The Morgan fingerprint density at radius 1 is 1.14 bits per heavy atom. The fourth-order valence-corrected chi connectivity index (χ4v) is 7.97. The van der Waals surface area contributed by atoms with Gasteiger partial charge in [-0.15, -0.1) is 0 Å². The van der Waals surface area contributed by atoms with E-state index in [2.05, 4.69) is 4.84 Å². The second kappa shape index (κ2) is 10.5. The number of aryl methyl sites for hydroxylation is 1. The maximum absolute atomic E-state index is 14.3. The number of carbonyl (C=O) groups excluding carboxylic acids is 2. The molecule has 1 amide bonds. The summed E-state index contributed by atoms with van der Waals surface area (Å²) in [7, 11) is -4.35. The molecule has 0 aliphatic carbocycles. The molecule has 0 bridgehead atoms. The molecule has 0 radical (unpaired) electrons. The van der Waals surface area contributed by atoms with E-state index in [9.17, 15) is 18.0 Å². The topological polar surface area (TPSA) is 107 Å². The van der Waals surface area contributed by atoms with Crippen LogP contribution in [0.2, 0.25) is 0 Å². The van der Waals surface area contributed by atoms with Crippen molar-refractivity contribution in [3.05, 3.63) is 65.7 Å². The van der Waals surface area contributed by atoms with Crippen molar-refractivity contribution < 1.29 is 22.8 Å². The van der Waals surface area contributed by atoms with Gasteiger partial charge in [-0.3, -0.25) is 4.79 Å². The summed E-state index contributed by atoms with van der Waals surface area (Å²) in [6.45, 7) is 8.11.